The number of hydrogen-bond acceptors (Lipinski definition) is 3. The van der Waals surface area contributed by atoms with Gasteiger partial charge in [0.1, 0.15) is 0 Å². The second kappa shape index (κ2) is 7.27. The highest BCUT2D eigenvalue weighted by Crippen LogP contribution is 2.22. The van der Waals surface area contributed by atoms with Gasteiger partial charge in [0.15, 0.2) is 0 Å². The zero-order chi connectivity index (χ0) is 13.6. The van der Waals surface area contributed by atoms with Gasteiger partial charge >= 0.3 is 5.97 Å². The van der Waals surface area contributed by atoms with Gasteiger partial charge in [-0.3, -0.25) is 9.59 Å². The maximum atomic E-state index is 11.3. The summed E-state index contributed by atoms with van der Waals surface area (Å²) in [5.41, 5.74) is 5.43. The molecule has 0 heterocycles. The summed E-state index contributed by atoms with van der Waals surface area (Å²) in [6, 6.07) is -0.560. The second-order valence-corrected chi connectivity index (χ2v) is 4.99. The molecule has 4 N–H and O–H groups in total. The molecule has 1 amide bonds. The standard InChI is InChI=1S/C12H24N2O3/c1-7(2)8(3)10(5-11(15)16)6-14-12(17)9(4)13/h7-10H,5-6,13H2,1-4H3,(H,14,17)(H,15,16)/t8-,9+,10+/m1/s1. The first-order valence-electron chi connectivity index (χ1n) is 6.00. The van der Waals surface area contributed by atoms with Crippen LogP contribution in [0.1, 0.15) is 34.1 Å². The molecule has 0 rings (SSSR count). The second-order valence-electron chi connectivity index (χ2n) is 4.99. The van der Waals surface area contributed by atoms with Crippen LogP contribution in [-0.4, -0.2) is 29.6 Å². The normalized spacial score (nSPS) is 16.4. The molecule has 0 aromatic heterocycles. The number of carboxylic acids is 1. The van der Waals surface area contributed by atoms with Gasteiger partial charge in [-0.15, -0.1) is 0 Å². The Morgan fingerprint density at radius 1 is 1.24 bits per heavy atom. The van der Waals surface area contributed by atoms with Crippen LogP contribution in [0.5, 0.6) is 0 Å². The smallest absolute Gasteiger partial charge is 0.303 e. The number of carbonyl (C=O) groups is 2. The predicted molar refractivity (Wildman–Crippen MR) is 66.4 cm³/mol. The lowest BCUT2D eigenvalue weighted by molar-refractivity contribution is -0.139. The molecule has 17 heavy (non-hydrogen) atoms. The lowest BCUT2D eigenvalue weighted by Crippen LogP contribution is -2.42. The summed E-state index contributed by atoms with van der Waals surface area (Å²) in [5, 5.41) is 11.5. The Morgan fingerprint density at radius 3 is 2.12 bits per heavy atom. The highest BCUT2D eigenvalue weighted by molar-refractivity contribution is 5.81. The van der Waals surface area contributed by atoms with Crippen molar-refractivity contribution in [2.24, 2.45) is 23.5 Å². The van der Waals surface area contributed by atoms with Crippen LogP contribution in [0.25, 0.3) is 0 Å². The molecule has 0 spiro atoms. The van der Waals surface area contributed by atoms with Crippen LogP contribution in [0.4, 0.5) is 0 Å². The minimum Gasteiger partial charge on any atom is -0.481 e. The Morgan fingerprint density at radius 2 is 1.76 bits per heavy atom. The van der Waals surface area contributed by atoms with Gasteiger partial charge in [0.05, 0.1) is 12.5 Å². The molecule has 0 aliphatic rings. The van der Waals surface area contributed by atoms with Crippen LogP contribution in [0.15, 0.2) is 0 Å². The van der Waals surface area contributed by atoms with Crippen LogP contribution >= 0.6 is 0 Å². The molecule has 0 bridgehead atoms. The number of hydrogen-bond donors (Lipinski definition) is 3. The molecule has 0 saturated heterocycles. The van der Waals surface area contributed by atoms with E-state index in [1.165, 1.54) is 0 Å². The molecule has 5 heteroatoms. The van der Waals surface area contributed by atoms with Gasteiger partial charge in [-0.25, -0.2) is 0 Å². The number of carboxylic acid groups (broad SMARTS) is 1. The predicted octanol–water partition coefficient (Wildman–Crippen LogP) is 0.833. The highest BCUT2D eigenvalue weighted by atomic mass is 16.4. The molecule has 0 aliphatic carbocycles. The first-order valence-corrected chi connectivity index (χ1v) is 6.00. The number of amides is 1. The molecule has 0 saturated carbocycles. The molecule has 0 aliphatic heterocycles. The fourth-order valence-electron chi connectivity index (χ4n) is 1.61. The van der Waals surface area contributed by atoms with Crippen molar-refractivity contribution in [2.45, 2.75) is 40.2 Å². The highest BCUT2D eigenvalue weighted by Gasteiger charge is 2.23. The van der Waals surface area contributed by atoms with Crippen molar-refractivity contribution in [2.75, 3.05) is 6.54 Å². The minimum absolute atomic E-state index is 0.0600. The summed E-state index contributed by atoms with van der Waals surface area (Å²) in [7, 11) is 0. The Balaban J connectivity index is 4.39. The molecule has 3 atom stereocenters. The van der Waals surface area contributed by atoms with Crippen LogP contribution in [0.3, 0.4) is 0 Å². The average Bonchev–Trinajstić information content (AvgIpc) is 2.21. The van der Waals surface area contributed by atoms with Gasteiger partial charge in [0.25, 0.3) is 0 Å². The SMILES string of the molecule is CC(C)[C@@H](C)[C@H](CNC(=O)[C@H](C)N)CC(=O)O. The van der Waals surface area contributed by atoms with Gasteiger partial charge in [0, 0.05) is 6.54 Å². The summed E-state index contributed by atoms with van der Waals surface area (Å²) in [5.74, 6) is -0.518. The molecule has 0 aromatic carbocycles. The zero-order valence-corrected chi connectivity index (χ0v) is 11.1. The van der Waals surface area contributed by atoms with Crippen molar-refractivity contribution < 1.29 is 14.7 Å². The molecule has 100 valence electrons. The van der Waals surface area contributed by atoms with Crippen molar-refractivity contribution in [3.8, 4) is 0 Å². The maximum Gasteiger partial charge on any atom is 0.303 e. The van der Waals surface area contributed by atoms with E-state index in [1.54, 1.807) is 6.92 Å². The Bertz CT molecular complexity index is 264. The Labute approximate surface area is 103 Å². The number of rotatable bonds is 7. The number of nitrogens with one attached hydrogen (secondary N) is 1. The Hall–Kier alpha value is -1.10. The van der Waals surface area contributed by atoms with E-state index < -0.39 is 12.0 Å². The van der Waals surface area contributed by atoms with E-state index in [9.17, 15) is 9.59 Å². The lowest BCUT2D eigenvalue weighted by atomic mass is 9.83. The third kappa shape index (κ3) is 6.26. The average molecular weight is 244 g/mol. The van der Waals surface area contributed by atoms with E-state index in [4.69, 9.17) is 10.8 Å². The van der Waals surface area contributed by atoms with E-state index in [2.05, 4.69) is 5.32 Å². The van der Waals surface area contributed by atoms with E-state index in [0.717, 1.165) is 0 Å². The van der Waals surface area contributed by atoms with Gasteiger partial charge < -0.3 is 16.2 Å². The molecule has 0 radical (unpaired) electrons. The molecule has 0 fully saturated rings. The van der Waals surface area contributed by atoms with E-state index in [0.29, 0.717) is 12.5 Å². The monoisotopic (exact) mass is 244 g/mol. The van der Waals surface area contributed by atoms with Crippen LogP contribution in [0.2, 0.25) is 0 Å². The summed E-state index contributed by atoms with van der Waals surface area (Å²) >= 11 is 0. The van der Waals surface area contributed by atoms with E-state index >= 15 is 0 Å². The lowest BCUT2D eigenvalue weighted by Gasteiger charge is -2.26. The third-order valence-corrected chi connectivity index (χ3v) is 3.18. The van der Waals surface area contributed by atoms with Crippen molar-refractivity contribution in [1.29, 1.82) is 0 Å². The van der Waals surface area contributed by atoms with Gasteiger partial charge in [0.2, 0.25) is 5.91 Å². The first kappa shape index (κ1) is 15.9. The Kier molecular flexibility index (Phi) is 6.80. The topological polar surface area (TPSA) is 92.4 Å². The van der Waals surface area contributed by atoms with Gasteiger partial charge in [-0.2, -0.15) is 0 Å². The van der Waals surface area contributed by atoms with Crippen LogP contribution < -0.4 is 11.1 Å². The van der Waals surface area contributed by atoms with E-state index in [-0.39, 0.29) is 24.2 Å². The van der Waals surface area contributed by atoms with Gasteiger partial charge in [-0.05, 0) is 24.7 Å². The van der Waals surface area contributed by atoms with Crippen molar-refractivity contribution in [3.05, 3.63) is 0 Å². The zero-order valence-electron chi connectivity index (χ0n) is 11.1. The largest absolute Gasteiger partial charge is 0.481 e. The summed E-state index contributed by atoms with van der Waals surface area (Å²) in [6.07, 6.45) is 0.0680. The van der Waals surface area contributed by atoms with Crippen molar-refractivity contribution in [3.63, 3.8) is 0 Å². The quantitative estimate of drug-likeness (QED) is 0.618. The summed E-state index contributed by atoms with van der Waals surface area (Å²) in [4.78, 5) is 22.1. The minimum atomic E-state index is -0.836. The number of aliphatic carboxylic acids is 1. The molecule has 5 nitrogen and oxygen atoms in total. The van der Waals surface area contributed by atoms with Gasteiger partial charge in [-0.1, -0.05) is 20.8 Å². The van der Waals surface area contributed by atoms with Crippen LogP contribution in [-0.2, 0) is 9.59 Å². The molecular formula is C12H24N2O3. The molecular weight excluding hydrogens is 220 g/mol. The number of carbonyl (C=O) groups excluding carboxylic acids is 1. The van der Waals surface area contributed by atoms with Crippen LogP contribution in [0, 0.1) is 17.8 Å². The molecule has 0 unspecified atom stereocenters. The van der Waals surface area contributed by atoms with E-state index in [1.807, 2.05) is 20.8 Å². The number of nitrogens with two attached hydrogens (primary N) is 1. The summed E-state index contributed by atoms with van der Waals surface area (Å²) in [6.45, 7) is 8.08. The fraction of sp³-hybridized carbons (Fsp3) is 0.833. The fourth-order valence-corrected chi connectivity index (χ4v) is 1.61. The molecule has 0 aromatic rings. The van der Waals surface area contributed by atoms with Crippen molar-refractivity contribution >= 4 is 11.9 Å². The first-order chi connectivity index (χ1) is 7.75. The maximum absolute atomic E-state index is 11.3. The third-order valence-electron chi connectivity index (χ3n) is 3.18. The van der Waals surface area contributed by atoms with Crippen molar-refractivity contribution in [1.82, 2.24) is 5.32 Å². The summed E-state index contributed by atoms with van der Waals surface area (Å²) < 4.78 is 0.